The Kier molecular flexibility index (Phi) is 3.80. The molecule has 7 nitrogen and oxygen atoms in total. The average molecular weight is 316 g/mol. The fraction of sp³-hybridized carbons (Fsp3) is 0.688. The molecule has 0 radical (unpaired) electrons. The molecule has 1 unspecified atom stereocenters. The number of rotatable bonds is 3. The Bertz CT molecular complexity index is 693. The van der Waals surface area contributed by atoms with Crippen LogP contribution in [0.2, 0.25) is 0 Å². The number of hydrogen-bond donors (Lipinski definition) is 0. The van der Waals surface area contributed by atoms with Gasteiger partial charge in [0.25, 0.3) is 0 Å². The number of anilines is 2. The van der Waals surface area contributed by atoms with E-state index in [1.807, 2.05) is 6.33 Å². The van der Waals surface area contributed by atoms with Crippen LogP contribution in [-0.4, -0.2) is 58.9 Å². The fourth-order valence-corrected chi connectivity index (χ4v) is 3.40. The van der Waals surface area contributed by atoms with E-state index < -0.39 is 0 Å². The van der Waals surface area contributed by atoms with Crippen molar-refractivity contribution in [2.45, 2.75) is 26.8 Å². The van der Waals surface area contributed by atoms with Gasteiger partial charge in [-0.25, -0.2) is 4.98 Å². The number of fused-ring (bicyclic) bond motifs is 1. The molecular weight excluding hydrogens is 292 g/mol. The van der Waals surface area contributed by atoms with Crippen LogP contribution in [0.1, 0.15) is 20.3 Å². The molecule has 124 valence electrons. The normalized spacial score (nSPS) is 22.3. The molecule has 0 spiro atoms. The minimum absolute atomic E-state index is 0.706. The van der Waals surface area contributed by atoms with Gasteiger partial charge in [-0.15, -0.1) is 0 Å². The van der Waals surface area contributed by atoms with Gasteiger partial charge in [0.05, 0.1) is 19.5 Å². The summed E-state index contributed by atoms with van der Waals surface area (Å²) in [6.45, 7) is 10.6. The van der Waals surface area contributed by atoms with Gasteiger partial charge in [-0.3, -0.25) is 0 Å². The van der Waals surface area contributed by atoms with Crippen LogP contribution >= 0.6 is 0 Å². The zero-order valence-corrected chi connectivity index (χ0v) is 13.9. The SMILES string of the molecule is CCn1cnc2c(N3CCOCC3)nc(N3CCC(C)C3)nc21. The van der Waals surface area contributed by atoms with E-state index in [2.05, 4.69) is 33.2 Å². The number of imidazole rings is 1. The van der Waals surface area contributed by atoms with Crippen LogP contribution in [0.5, 0.6) is 0 Å². The Labute approximate surface area is 136 Å². The van der Waals surface area contributed by atoms with Gasteiger partial charge in [-0.05, 0) is 19.3 Å². The first kappa shape index (κ1) is 14.7. The number of aromatic nitrogens is 4. The van der Waals surface area contributed by atoms with Crippen LogP contribution in [-0.2, 0) is 11.3 Å². The third kappa shape index (κ3) is 2.63. The van der Waals surface area contributed by atoms with E-state index in [4.69, 9.17) is 14.7 Å². The van der Waals surface area contributed by atoms with Gasteiger partial charge < -0.3 is 19.1 Å². The van der Waals surface area contributed by atoms with Gasteiger partial charge in [-0.2, -0.15) is 9.97 Å². The molecule has 0 aromatic carbocycles. The van der Waals surface area contributed by atoms with Crippen molar-refractivity contribution in [2.75, 3.05) is 49.2 Å². The summed E-state index contributed by atoms with van der Waals surface area (Å²) in [5.74, 6) is 2.51. The maximum absolute atomic E-state index is 5.48. The zero-order chi connectivity index (χ0) is 15.8. The number of hydrogen-bond acceptors (Lipinski definition) is 6. The topological polar surface area (TPSA) is 59.3 Å². The zero-order valence-electron chi connectivity index (χ0n) is 13.9. The largest absolute Gasteiger partial charge is 0.378 e. The second-order valence-corrected chi connectivity index (χ2v) is 6.49. The molecular formula is C16H24N6O. The smallest absolute Gasteiger partial charge is 0.229 e. The summed E-state index contributed by atoms with van der Waals surface area (Å²) in [4.78, 5) is 18.9. The van der Waals surface area contributed by atoms with Crippen LogP contribution < -0.4 is 9.80 Å². The molecule has 4 rings (SSSR count). The van der Waals surface area contributed by atoms with Crippen molar-refractivity contribution >= 4 is 22.9 Å². The minimum atomic E-state index is 0.706. The lowest BCUT2D eigenvalue weighted by atomic mass is 10.2. The van der Waals surface area contributed by atoms with Crippen molar-refractivity contribution in [3.05, 3.63) is 6.33 Å². The summed E-state index contributed by atoms with van der Waals surface area (Å²) < 4.78 is 7.58. The quantitative estimate of drug-likeness (QED) is 0.856. The Hall–Kier alpha value is -1.89. The van der Waals surface area contributed by atoms with Crippen molar-refractivity contribution < 1.29 is 4.74 Å². The minimum Gasteiger partial charge on any atom is -0.378 e. The average Bonchev–Trinajstić information content (AvgIpc) is 3.20. The standard InChI is InChI=1S/C16H24N6O/c1-3-20-11-17-13-14(20)18-16(22-5-4-12(2)10-22)19-15(13)21-6-8-23-9-7-21/h11-12H,3-10H2,1-2H3. The summed E-state index contributed by atoms with van der Waals surface area (Å²) in [6.07, 6.45) is 3.08. The highest BCUT2D eigenvalue weighted by Gasteiger charge is 2.25. The van der Waals surface area contributed by atoms with Gasteiger partial charge in [-0.1, -0.05) is 6.92 Å². The lowest BCUT2D eigenvalue weighted by Gasteiger charge is -2.28. The maximum atomic E-state index is 5.48. The molecule has 0 amide bonds. The predicted octanol–water partition coefficient (Wildman–Crippen LogP) is 1.53. The second kappa shape index (κ2) is 5.96. The molecule has 2 saturated heterocycles. The van der Waals surface area contributed by atoms with Gasteiger partial charge >= 0.3 is 0 Å². The molecule has 0 N–H and O–H groups in total. The molecule has 1 atom stereocenters. The van der Waals surface area contributed by atoms with Crippen LogP contribution in [0.25, 0.3) is 11.2 Å². The highest BCUT2D eigenvalue weighted by atomic mass is 16.5. The van der Waals surface area contributed by atoms with E-state index in [1.54, 1.807) is 0 Å². The van der Waals surface area contributed by atoms with E-state index in [0.29, 0.717) is 5.92 Å². The van der Waals surface area contributed by atoms with E-state index in [1.165, 1.54) is 6.42 Å². The first-order valence-electron chi connectivity index (χ1n) is 8.56. The lowest BCUT2D eigenvalue weighted by molar-refractivity contribution is 0.122. The van der Waals surface area contributed by atoms with Gasteiger partial charge in [0.2, 0.25) is 5.95 Å². The first-order chi connectivity index (χ1) is 11.3. The maximum Gasteiger partial charge on any atom is 0.229 e. The highest BCUT2D eigenvalue weighted by Crippen LogP contribution is 2.28. The predicted molar refractivity (Wildman–Crippen MR) is 90.0 cm³/mol. The van der Waals surface area contributed by atoms with E-state index in [9.17, 15) is 0 Å². The molecule has 7 heteroatoms. The van der Waals surface area contributed by atoms with Crippen molar-refractivity contribution in [3.63, 3.8) is 0 Å². The lowest BCUT2D eigenvalue weighted by Crippen LogP contribution is -2.37. The summed E-state index contributed by atoms with van der Waals surface area (Å²) in [6, 6.07) is 0. The Morgan fingerprint density at radius 2 is 2.00 bits per heavy atom. The number of aryl methyl sites for hydroxylation is 1. The monoisotopic (exact) mass is 316 g/mol. The van der Waals surface area contributed by atoms with E-state index in [0.717, 1.165) is 68.9 Å². The van der Waals surface area contributed by atoms with Crippen molar-refractivity contribution in [2.24, 2.45) is 5.92 Å². The highest BCUT2D eigenvalue weighted by molar-refractivity contribution is 5.85. The molecule has 2 aromatic rings. The summed E-state index contributed by atoms with van der Waals surface area (Å²) in [5.41, 5.74) is 1.85. The molecule has 2 aromatic heterocycles. The molecule has 2 aliphatic rings. The van der Waals surface area contributed by atoms with Crippen molar-refractivity contribution in [1.82, 2.24) is 19.5 Å². The first-order valence-corrected chi connectivity index (χ1v) is 8.56. The van der Waals surface area contributed by atoms with E-state index in [-0.39, 0.29) is 0 Å². The van der Waals surface area contributed by atoms with Crippen molar-refractivity contribution in [3.8, 4) is 0 Å². The van der Waals surface area contributed by atoms with Crippen LogP contribution in [0, 0.1) is 5.92 Å². The number of nitrogens with zero attached hydrogens (tertiary/aromatic N) is 6. The molecule has 2 fully saturated rings. The number of morpholine rings is 1. The van der Waals surface area contributed by atoms with Gasteiger partial charge in [0.15, 0.2) is 17.0 Å². The van der Waals surface area contributed by atoms with Crippen molar-refractivity contribution in [1.29, 1.82) is 0 Å². The summed E-state index contributed by atoms with van der Waals surface area (Å²) >= 11 is 0. The molecule has 0 aliphatic carbocycles. The molecule has 2 aliphatic heterocycles. The molecule has 0 bridgehead atoms. The van der Waals surface area contributed by atoms with Crippen LogP contribution in [0.3, 0.4) is 0 Å². The third-order valence-electron chi connectivity index (χ3n) is 4.79. The van der Waals surface area contributed by atoms with E-state index >= 15 is 0 Å². The third-order valence-corrected chi connectivity index (χ3v) is 4.79. The Morgan fingerprint density at radius 3 is 2.70 bits per heavy atom. The van der Waals surface area contributed by atoms with Crippen LogP contribution in [0.15, 0.2) is 6.33 Å². The Balaban J connectivity index is 1.80. The summed E-state index contributed by atoms with van der Waals surface area (Å²) in [5, 5.41) is 0. The second-order valence-electron chi connectivity index (χ2n) is 6.49. The molecule has 4 heterocycles. The fourth-order valence-electron chi connectivity index (χ4n) is 3.40. The Morgan fingerprint density at radius 1 is 1.17 bits per heavy atom. The summed E-state index contributed by atoms with van der Waals surface area (Å²) in [7, 11) is 0. The molecule has 23 heavy (non-hydrogen) atoms. The number of ether oxygens (including phenoxy) is 1. The van der Waals surface area contributed by atoms with Crippen LogP contribution in [0.4, 0.5) is 11.8 Å². The van der Waals surface area contributed by atoms with Gasteiger partial charge in [0.1, 0.15) is 0 Å². The molecule has 0 saturated carbocycles. The van der Waals surface area contributed by atoms with Gasteiger partial charge in [0, 0.05) is 32.7 Å².